The van der Waals surface area contributed by atoms with Crippen LogP contribution in [-0.2, 0) is 16.0 Å². The number of nitrogens with one attached hydrogen (secondary N) is 2. The third-order valence-corrected chi connectivity index (χ3v) is 5.55. The molecule has 0 spiro atoms. The molecule has 8 nitrogen and oxygen atoms in total. The summed E-state index contributed by atoms with van der Waals surface area (Å²) in [6.07, 6.45) is 7.65. The molecule has 1 saturated heterocycles. The van der Waals surface area contributed by atoms with E-state index < -0.39 is 0 Å². The number of rotatable bonds is 6. The lowest BCUT2D eigenvalue weighted by atomic mass is 9.99. The number of aromatic nitrogens is 2. The molecule has 1 fully saturated rings. The van der Waals surface area contributed by atoms with Crippen LogP contribution in [0.2, 0.25) is 0 Å². The van der Waals surface area contributed by atoms with Crippen LogP contribution in [0.15, 0.2) is 36.8 Å². The molecule has 4 heterocycles. The summed E-state index contributed by atoms with van der Waals surface area (Å²) in [5.41, 5.74) is 2.18. The number of nitrogens with zero attached hydrogens (tertiary/aromatic N) is 3. The number of hydrogen-bond donors (Lipinski definition) is 2. The fourth-order valence-corrected chi connectivity index (χ4v) is 3.93. The van der Waals surface area contributed by atoms with Gasteiger partial charge in [0.15, 0.2) is 0 Å². The lowest BCUT2D eigenvalue weighted by Gasteiger charge is -2.33. The van der Waals surface area contributed by atoms with Gasteiger partial charge in [0, 0.05) is 44.4 Å². The minimum absolute atomic E-state index is 0.00158. The van der Waals surface area contributed by atoms with Crippen molar-refractivity contribution in [1.82, 2.24) is 15.3 Å². The summed E-state index contributed by atoms with van der Waals surface area (Å²) in [5, 5.41) is 6.07. The predicted octanol–water partition coefficient (Wildman–Crippen LogP) is 2.02. The number of fused-ring (bicyclic) bond motifs is 1. The molecule has 2 aliphatic heterocycles. The summed E-state index contributed by atoms with van der Waals surface area (Å²) in [5.74, 6) is 0.830. The van der Waals surface area contributed by atoms with Crippen LogP contribution >= 0.6 is 0 Å². The number of hydrogen-bond acceptors (Lipinski definition) is 6. The predicted molar refractivity (Wildman–Crippen MR) is 113 cm³/mol. The third-order valence-electron chi connectivity index (χ3n) is 5.55. The topological polar surface area (TPSA) is 96.5 Å². The van der Waals surface area contributed by atoms with E-state index >= 15 is 0 Å². The fourth-order valence-electron chi connectivity index (χ4n) is 3.93. The Balaban J connectivity index is 1.47. The molecule has 0 saturated carbocycles. The van der Waals surface area contributed by atoms with Crippen molar-refractivity contribution in [1.29, 1.82) is 0 Å². The highest BCUT2D eigenvalue weighted by molar-refractivity contribution is 6.04. The molecule has 30 heavy (non-hydrogen) atoms. The van der Waals surface area contributed by atoms with Gasteiger partial charge in [0.05, 0.1) is 17.8 Å². The first-order valence-corrected chi connectivity index (χ1v) is 10.4. The lowest BCUT2D eigenvalue weighted by molar-refractivity contribution is -0.117. The van der Waals surface area contributed by atoms with Crippen molar-refractivity contribution in [2.75, 3.05) is 36.5 Å². The summed E-state index contributed by atoms with van der Waals surface area (Å²) < 4.78 is 5.43. The maximum atomic E-state index is 12.8. The second-order valence-electron chi connectivity index (χ2n) is 7.95. The fraction of sp³-hybridized carbons (Fsp3) is 0.455. The highest BCUT2D eigenvalue weighted by Gasteiger charge is 2.29. The Bertz CT molecular complexity index is 899. The molecule has 2 amide bonds. The molecule has 2 N–H and O–H groups in total. The van der Waals surface area contributed by atoms with Gasteiger partial charge >= 0.3 is 0 Å². The zero-order valence-corrected chi connectivity index (χ0v) is 17.1. The Morgan fingerprint density at radius 2 is 2.20 bits per heavy atom. The van der Waals surface area contributed by atoms with Crippen LogP contribution in [0.4, 0.5) is 11.5 Å². The second-order valence-corrected chi connectivity index (χ2v) is 7.95. The first-order valence-electron chi connectivity index (χ1n) is 10.4. The number of carbonyl (C=O) groups excluding carboxylic acids is 2. The third kappa shape index (κ3) is 4.76. The zero-order valence-electron chi connectivity index (χ0n) is 17.1. The summed E-state index contributed by atoms with van der Waals surface area (Å²) >= 11 is 0. The van der Waals surface area contributed by atoms with Crippen LogP contribution in [-0.4, -0.2) is 54.1 Å². The second kappa shape index (κ2) is 9.21. The van der Waals surface area contributed by atoms with Gasteiger partial charge in [0.25, 0.3) is 5.91 Å². The molecule has 158 valence electrons. The van der Waals surface area contributed by atoms with E-state index in [2.05, 4.69) is 20.6 Å². The number of carbonyl (C=O) groups is 2. The molecular weight excluding hydrogens is 382 g/mol. The van der Waals surface area contributed by atoms with Gasteiger partial charge in [-0.25, -0.2) is 4.98 Å². The minimum Gasteiger partial charge on any atom is -0.381 e. The standard InChI is InChI=1S/C22H27N5O3/c1-15(9-17-3-2-6-23-11-17)26-22(29)18-10-19-21(24-12-18)25-13-20(28)27(19)14-16-4-7-30-8-5-16/h2-3,6,10-12,15-16H,4-5,7-9,13-14H2,1H3,(H,24,25)(H,26,29). The number of pyridine rings is 2. The Kier molecular flexibility index (Phi) is 6.23. The average molecular weight is 409 g/mol. The van der Waals surface area contributed by atoms with Crippen LogP contribution in [0.5, 0.6) is 0 Å². The lowest BCUT2D eigenvalue weighted by Crippen LogP contribution is -2.44. The monoisotopic (exact) mass is 409 g/mol. The average Bonchev–Trinajstić information content (AvgIpc) is 2.76. The Hall–Kier alpha value is -3.00. The van der Waals surface area contributed by atoms with Crippen molar-refractivity contribution >= 4 is 23.3 Å². The maximum Gasteiger partial charge on any atom is 0.253 e. The summed E-state index contributed by atoms with van der Waals surface area (Å²) in [6, 6.07) is 5.57. The zero-order chi connectivity index (χ0) is 20.9. The van der Waals surface area contributed by atoms with E-state index in [-0.39, 0.29) is 24.4 Å². The van der Waals surface area contributed by atoms with E-state index in [1.807, 2.05) is 19.1 Å². The Labute approximate surface area is 176 Å². The van der Waals surface area contributed by atoms with Gasteiger partial charge in [-0.1, -0.05) is 6.07 Å². The smallest absolute Gasteiger partial charge is 0.253 e. The molecule has 2 aromatic rings. The number of amides is 2. The molecule has 0 aliphatic carbocycles. The van der Waals surface area contributed by atoms with Crippen LogP contribution in [0.25, 0.3) is 0 Å². The van der Waals surface area contributed by atoms with E-state index in [0.29, 0.717) is 36.0 Å². The van der Waals surface area contributed by atoms with Crippen LogP contribution in [0.1, 0.15) is 35.7 Å². The highest BCUT2D eigenvalue weighted by Crippen LogP contribution is 2.30. The Morgan fingerprint density at radius 3 is 2.97 bits per heavy atom. The van der Waals surface area contributed by atoms with Crippen LogP contribution in [0.3, 0.4) is 0 Å². The summed E-state index contributed by atoms with van der Waals surface area (Å²) in [6.45, 7) is 4.26. The minimum atomic E-state index is -0.203. The summed E-state index contributed by atoms with van der Waals surface area (Å²) in [4.78, 5) is 35.7. The van der Waals surface area contributed by atoms with Crippen molar-refractivity contribution in [2.45, 2.75) is 32.2 Å². The molecule has 0 aromatic carbocycles. The first kappa shape index (κ1) is 20.3. The van der Waals surface area contributed by atoms with Gasteiger partial charge < -0.3 is 20.3 Å². The van der Waals surface area contributed by atoms with Crippen molar-refractivity contribution in [3.63, 3.8) is 0 Å². The van der Waals surface area contributed by atoms with Crippen molar-refractivity contribution in [2.24, 2.45) is 5.92 Å². The van der Waals surface area contributed by atoms with Crippen LogP contribution < -0.4 is 15.5 Å². The van der Waals surface area contributed by atoms with E-state index in [9.17, 15) is 9.59 Å². The Morgan fingerprint density at radius 1 is 1.37 bits per heavy atom. The molecule has 8 heteroatoms. The van der Waals surface area contributed by atoms with Crippen molar-refractivity contribution in [3.05, 3.63) is 47.9 Å². The van der Waals surface area contributed by atoms with E-state index in [0.717, 1.165) is 31.6 Å². The summed E-state index contributed by atoms with van der Waals surface area (Å²) in [7, 11) is 0. The van der Waals surface area contributed by atoms with Crippen molar-refractivity contribution in [3.8, 4) is 0 Å². The molecule has 2 aliphatic rings. The normalized spacial score (nSPS) is 17.8. The molecule has 2 aromatic heterocycles. The SMILES string of the molecule is CC(Cc1cccnc1)NC(=O)c1cnc2c(c1)N(CC1CCOCC1)C(=O)CN2. The molecule has 0 bridgehead atoms. The highest BCUT2D eigenvalue weighted by atomic mass is 16.5. The molecular formula is C22H27N5O3. The molecule has 1 atom stereocenters. The molecule has 4 rings (SSSR count). The largest absolute Gasteiger partial charge is 0.381 e. The van der Waals surface area contributed by atoms with Gasteiger partial charge in [0.1, 0.15) is 5.82 Å². The number of anilines is 2. The van der Waals surface area contributed by atoms with E-state index in [1.165, 1.54) is 0 Å². The first-order chi connectivity index (χ1) is 14.6. The van der Waals surface area contributed by atoms with Gasteiger partial charge in [-0.15, -0.1) is 0 Å². The van der Waals surface area contributed by atoms with Gasteiger partial charge in [-0.05, 0) is 49.8 Å². The van der Waals surface area contributed by atoms with E-state index in [4.69, 9.17) is 4.74 Å². The molecule has 0 radical (unpaired) electrons. The molecule has 1 unspecified atom stereocenters. The van der Waals surface area contributed by atoms with Crippen LogP contribution in [0, 0.1) is 5.92 Å². The van der Waals surface area contributed by atoms with Gasteiger partial charge in [-0.3, -0.25) is 14.6 Å². The quantitative estimate of drug-likeness (QED) is 0.758. The number of ether oxygens (including phenoxy) is 1. The van der Waals surface area contributed by atoms with E-state index in [1.54, 1.807) is 29.6 Å². The van der Waals surface area contributed by atoms with Crippen molar-refractivity contribution < 1.29 is 14.3 Å². The van der Waals surface area contributed by atoms with Gasteiger partial charge in [-0.2, -0.15) is 0 Å². The van der Waals surface area contributed by atoms with Gasteiger partial charge in [0.2, 0.25) is 5.91 Å². The maximum absolute atomic E-state index is 12.8.